The van der Waals surface area contributed by atoms with Gasteiger partial charge in [-0.05, 0) is 5.92 Å². The van der Waals surface area contributed by atoms with Gasteiger partial charge in [0.1, 0.15) is 12.6 Å². The molecule has 0 heterocycles. The van der Waals surface area contributed by atoms with Crippen molar-refractivity contribution in [2.45, 2.75) is 26.3 Å². The van der Waals surface area contributed by atoms with Gasteiger partial charge in [0.15, 0.2) is 0 Å². The van der Waals surface area contributed by atoms with E-state index < -0.39 is 18.0 Å². The van der Waals surface area contributed by atoms with Gasteiger partial charge in [-0.25, -0.2) is 9.59 Å². The summed E-state index contributed by atoms with van der Waals surface area (Å²) in [6, 6.07) is -1.53. The number of hydrogen-bond donors (Lipinski definition) is 3. The molecule has 0 aliphatic rings. The molecular formula is C11H21N3O4. The van der Waals surface area contributed by atoms with E-state index in [1.54, 1.807) is 6.92 Å². The van der Waals surface area contributed by atoms with E-state index in [-0.39, 0.29) is 18.4 Å². The van der Waals surface area contributed by atoms with Crippen molar-refractivity contribution in [1.29, 1.82) is 0 Å². The Morgan fingerprint density at radius 2 is 1.89 bits per heavy atom. The Morgan fingerprint density at radius 3 is 2.28 bits per heavy atom. The Labute approximate surface area is 107 Å². The fraction of sp³-hybridized carbons (Fsp3) is 0.727. The Hall–Kier alpha value is -1.79. The van der Waals surface area contributed by atoms with Gasteiger partial charge in [-0.1, -0.05) is 20.3 Å². The monoisotopic (exact) mass is 259 g/mol. The van der Waals surface area contributed by atoms with Gasteiger partial charge >= 0.3 is 12.0 Å². The summed E-state index contributed by atoms with van der Waals surface area (Å²) in [5.74, 6) is -1.58. The fourth-order valence-electron chi connectivity index (χ4n) is 1.29. The zero-order valence-corrected chi connectivity index (χ0v) is 11.2. The van der Waals surface area contributed by atoms with Crippen LogP contribution in [-0.4, -0.2) is 54.6 Å². The summed E-state index contributed by atoms with van der Waals surface area (Å²) >= 11 is 0. The zero-order valence-electron chi connectivity index (χ0n) is 11.2. The topological polar surface area (TPSA) is 98.7 Å². The molecular weight excluding hydrogens is 238 g/mol. The summed E-state index contributed by atoms with van der Waals surface area (Å²) in [7, 11) is 2.90. The van der Waals surface area contributed by atoms with Crippen LogP contribution >= 0.6 is 0 Å². The third kappa shape index (κ3) is 5.03. The molecule has 2 unspecified atom stereocenters. The van der Waals surface area contributed by atoms with Crippen molar-refractivity contribution in [1.82, 2.24) is 15.5 Å². The summed E-state index contributed by atoms with van der Waals surface area (Å²) < 4.78 is 0. The summed E-state index contributed by atoms with van der Waals surface area (Å²) in [6.07, 6.45) is 0.635. The molecule has 0 aromatic rings. The van der Waals surface area contributed by atoms with Crippen LogP contribution in [0.4, 0.5) is 4.79 Å². The molecule has 0 fully saturated rings. The number of urea groups is 1. The highest BCUT2D eigenvalue weighted by Crippen LogP contribution is 2.08. The summed E-state index contributed by atoms with van der Waals surface area (Å²) in [6.45, 7) is 3.48. The molecule has 0 aromatic heterocycles. The minimum atomic E-state index is -1.08. The average Bonchev–Trinajstić information content (AvgIpc) is 2.33. The molecule has 3 N–H and O–H groups in total. The van der Waals surface area contributed by atoms with Crippen LogP contribution in [0.3, 0.4) is 0 Å². The molecule has 2 atom stereocenters. The second-order valence-electron chi connectivity index (χ2n) is 4.18. The number of carbonyl (C=O) groups is 3. The third-order valence-electron chi connectivity index (χ3n) is 2.76. The highest BCUT2D eigenvalue weighted by atomic mass is 16.4. The maximum Gasteiger partial charge on any atom is 0.326 e. The molecule has 18 heavy (non-hydrogen) atoms. The summed E-state index contributed by atoms with van der Waals surface area (Å²) in [5, 5.41) is 13.8. The van der Waals surface area contributed by atoms with Gasteiger partial charge in [-0.15, -0.1) is 0 Å². The minimum absolute atomic E-state index is 0.116. The van der Waals surface area contributed by atoms with Crippen LogP contribution in [0.1, 0.15) is 20.3 Å². The molecule has 0 spiro atoms. The first-order chi connectivity index (χ1) is 8.33. The molecule has 3 amide bonds. The number of carboxylic acids is 1. The Balaban J connectivity index is 4.50. The van der Waals surface area contributed by atoms with E-state index in [1.165, 1.54) is 14.1 Å². The number of nitrogens with zero attached hydrogens (tertiary/aromatic N) is 1. The van der Waals surface area contributed by atoms with Gasteiger partial charge in [0.05, 0.1) is 0 Å². The molecule has 0 saturated heterocycles. The van der Waals surface area contributed by atoms with Crippen molar-refractivity contribution in [3.05, 3.63) is 0 Å². The van der Waals surface area contributed by atoms with Crippen molar-refractivity contribution in [3.8, 4) is 0 Å². The van der Waals surface area contributed by atoms with Crippen molar-refractivity contribution in [3.63, 3.8) is 0 Å². The standard InChI is InChI=1S/C11H21N3O4/c1-5-7(2)9(10(16)17)13-11(18)14(4)6-8(15)12-3/h7,9H,5-6H2,1-4H3,(H,12,15)(H,13,18)(H,16,17). The molecule has 0 bridgehead atoms. The summed E-state index contributed by atoms with van der Waals surface area (Å²) in [4.78, 5) is 34.9. The number of aliphatic carboxylic acids is 1. The molecule has 7 nitrogen and oxygen atoms in total. The lowest BCUT2D eigenvalue weighted by molar-refractivity contribution is -0.140. The number of hydrogen-bond acceptors (Lipinski definition) is 3. The maximum absolute atomic E-state index is 11.7. The second-order valence-corrected chi connectivity index (χ2v) is 4.18. The lowest BCUT2D eigenvalue weighted by atomic mass is 9.99. The molecule has 7 heteroatoms. The van der Waals surface area contributed by atoms with E-state index in [2.05, 4.69) is 10.6 Å². The van der Waals surface area contributed by atoms with Crippen LogP contribution in [-0.2, 0) is 9.59 Å². The number of amides is 3. The van der Waals surface area contributed by atoms with E-state index in [0.717, 1.165) is 4.90 Å². The Kier molecular flexibility index (Phi) is 6.77. The molecule has 0 aliphatic heterocycles. The van der Waals surface area contributed by atoms with Crippen molar-refractivity contribution in [2.24, 2.45) is 5.92 Å². The minimum Gasteiger partial charge on any atom is -0.480 e. The number of carbonyl (C=O) groups excluding carboxylic acids is 2. The van der Waals surface area contributed by atoms with E-state index in [0.29, 0.717) is 6.42 Å². The van der Waals surface area contributed by atoms with Crippen LogP contribution in [0.2, 0.25) is 0 Å². The van der Waals surface area contributed by atoms with E-state index in [1.807, 2.05) is 6.92 Å². The van der Waals surface area contributed by atoms with E-state index in [9.17, 15) is 14.4 Å². The Morgan fingerprint density at radius 1 is 1.33 bits per heavy atom. The van der Waals surface area contributed by atoms with E-state index >= 15 is 0 Å². The zero-order chi connectivity index (χ0) is 14.3. The molecule has 0 radical (unpaired) electrons. The van der Waals surface area contributed by atoms with Gasteiger partial charge in [-0.2, -0.15) is 0 Å². The lowest BCUT2D eigenvalue weighted by Crippen LogP contribution is -2.51. The van der Waals surface area contributed by atoms with Gasteiger partial charge < -0.3 is 20.6 Å². The van der Waals surface area contributed by atoms with Crippen LogP contribution in [0.5, 0.6) is 0 Å². The number of likely N-dealkylation sites (N-methyl/N-ethyl adjacent to an activating group) is 2. The van der Waals surface area contributed by atoms with Gasteiger partial charge in [0.2, 0.25) is 5.91 Å². The smallest absolute Gasteiger partial charge is 0.326 e. The third-order valence-corrected chi connectivity index (χ3v) is 2.76. The van der Waals surface area contributed by atoms with Crippen LogP contribution < -0.4 is 10.6 Å². The molecule has 0 rings (SSSR count). The molecule has 0 aliphatic carbocycles. The van der Waals surface area contributed by atoms with Gasteiger partial charge in [-0.3, -0.25) is 4.79 Å². The fourth-order valence-corrected chi connectivity index (χ4v) is 1.29. The predicted octanol–water partition coefficient (Wildman–Crippen LogP) is -0.127. The SMILES string of the molecule is CCC(C)C(NC(=O)N(C)CC(=O)NC)C(=O)O. The number of carboxylic acid groups (broad SMARTS) is 1. The summed E-state index contributed by atoms with van der Waals surface area (Å²) in [5.41, 5.74) is 0. The van der Waals surface area contributed by atoms with Crippen LogP contribution in [0.15, 0.2) is 0 Å². The quantitative estimate of drug-likeness (QED) is 0.619. The Bertz CT molecular complexity index is 319. The maximum atomic E-state index is 11.7. The average molecular weight is 259 g/mol. The highest BCUT2D eigenvalue weighted by molar-refractivity contribution is 5.86. The molecule has 104 valence electrons. The first-order valence-corrected chi connectivity index (χ1v) is 5.78. The highest BCUT2D eigenvalue weighted by Gasteiger charge is 2.26. The number of nitrogens with one attached hydrogen (secondary N) is 2. The molecule has 0 aromatic carbocycles. The van der Waals surface area contributed by atoms with Crippen LogP contribution in [0.25, 0.3) is 0 Å². The van der Waals surface area contributed by atoms with Crippen molar-refractivity contribution >= 4 is 17.9 Å². The number of rotatable bonds is 6. The largest absolute Gasteiger partial charge is 0.480 e. The normalized spacial score (nSPS) is 13.3. The second kappa shape index (κ2) is 7.52. The van der Waals surface area contributed by atoms with Gasteiger partial charge in [0, 0.05) is 14.1 Å². The molecule has 0 saturated carbocycles. The van der Waals surface area contributed by atoms with Crippen molar-refractivity contribution in [2.75, 3.05) is 20.6 Å². The predicted molar refractivity (Wildman–Crippen MR) is 66.1 cm³/mol. The van der Waals surface area contributed by atoms with Crippen LogP contribution in [0, 0.1) is 5.92 Å². The van der Waals surface area contributed by atoms with Gasteiger partial charge in [0.25, 0.3) is 0 Å². The first kappa shape index (κ1) is 16.2. The lowest BCUT2D eigenvalue weighted by Gasteiger charge is -2.24. The first-order valence-electron chi connectivity index (χ1n) is 5.78. The van der Waals surface area contributed by atoms with Crippen molar-refractivity contribution < 1.29 is 19.5 Å². The van der Waals surface area contributed by atoms with E-state index in [4.69, 9.17) is 5.11 Å².